The summed E-state index contributed by atoms with van der Waals surface area (Å²) in [5.41, 5.74) is 2.36. The molecule has 132 valence electrons. The lowest BCUT2D eigenvalue weighted by molar-refractivity contribution is 0.627. The summed E-state index contributed by atoms with van der Waals surface area (Å²) in [5, 5.41) is 2.45. The minimum Gasteiger partial charge on any atom is -0.207 e. The third kappa shape index (κ3) is 8.56. The molecule has 0 aromatic heterocycles. The summed E-state index contributed by atoms with van der Waals surface area (Å²) >= 11 is 0. The average molecular weight is 358 g/mol. The Morgan fingerprint density at radius 1 is 0.520 bits per heavy atom. The molecule has 25 heavy (non-hydrogen) atoms. The average Bonchev–Trinajstić information content (AvgIpc) is 2.64. The molecule has 0 heterocycles. The lowest BCUT2D eigenvalue weighted by atomic mass is 10.2. The van der Waals surface area contributed by atoms with Gasteiger partial charge in [0.05, 0.1) is 0 Å². The van der Waals surface area contributed by atoms with E-state index in [1.54, 1.807) is 12.1 Å². The second-order valence-corrected chi connectivity index (χ2v) is 6.70. The van der Waals surface area contributed by atoms with E-state index in [0.717, 1.165) is 5.56 Å². The molecule has 3 aromatic carbocycles. The van der Waals surface area contributed by atoms with Gasteiger partial charge in [-0.1, -0.05) is 82.1 Å². The van der Waals surface area contributed by atoms with E-state index in [0.29, 0.717) is 8.58 Å². The van der Waals surface area contributed by atoms with Crippen LogP contribution >= 0.6 is 8.58 Å². The predicted molar refractivity (Wildman–Crippen MR) is 108 cm³/mol. The topological polar surface area (TPSA) is 0 Å². The first-order valence-electron chi connectivity index (χ1n) is 8.34. The van der Waals surface area contributed by atoms with Crippen LogP contribution in [0.25, 0.3) is 0 Å². The second kappa shape index (κ2) is 11.5. The van der Waals surface area contributed by atoms with Crippen LogP contribution in [0.1, 0.15) is 25.0 Å². The molecular weight excluding hydrogens is 333 g/mol. The molecule has 0 aliphatic rings. The maximum Gasteiger partial charge on any atom is 0.123 e. The van der Waals surface area contributed by atoms with Crippen molar-refractivity contribution in [3.63, 3.8) is 0 Å². The second-order valence-electron chi connectivity index (χ2n) is 5.29. The van der Waals surface area contributed by atoms with Gasteiger partial charge in [0.1, 0.15) is 11.6 Å². The first-order valence-corrected chi connectivity index (χ1v) is 9.34. The number of aryl methyl sites for hydroxylation is 2. The van der Waals surface area contributed by atoms with E-state index in [4.69, 9.17) is 0 Å². The van der Waals surface area contributed by atoms with Crippen molar-refractivity contribution in [2.24, 2.45) is 0 Å². The molecule has 0 aliphatic carbocycles. The van der Waals surface area contributed by atoms with E-state index in [-0.39, 0.29) is 11.6 Å². The van der Waals surface area contributed by atoms with Gasteiger partial charge in [-0.25, -0.2) is 8.78 Å². The summed E-state index contributed by atoms with van der Waals surface area (Å²) < 4.78 is 24.8. The van der Waals surface area contributed by atoms with Crippen LogP contribution in [0.5, 0.6) is 0 Å². The van der Waals surface area contributed by atoms with Gasteiger partial charge in [-0.15, -0.1) is 0 Å². The van der Waals surface area contributed by atoms with Crippen LogP contribution in [0, 0.1) is 25.5 Å². The third-order valence-corrected chi connectivity index (χ3v) is 4.44. The predicted octanol–water partition coefficient (Wildman–Crippen LogP) is 5.92. The SMILES string of the molecule is CC.Cc1ccc(F)cc1.Cc1ccc(Pc2ccc(F)cc2)cc1. The quantitative estimate of drug-likeness (QED) is 0.499. The summed E-state index contributed by atoms with van der Waals surface area (Å²) in [6.45, 7) is 8.00. The van der Waals surface area contributed by atoms with Crippen LogP contribution in [-0.2, 0) is 0 Å². The van der Waals surface area contributed by atoms with E-state index in [1.165, 1.54) is 40.4 Å². The molecule has 0 bridgehead atoms. The Hall–Kier alpha value is -2.05. The molecule has 0 nitrogen and oxygen atoms in total. The fourth-order valence-electron chi connectivity index (χ4n) is 1.87. The molecule has 3 rings (SSSR count). The highest BCUT2D eigenvalue weighted by molar-refractivity contribution is 7.55. The maximum atomic E-state index is 12.7. The van der Waals surface area contributed by atoms with Crippen LogP contribution < -0.4 is 10.6 Å². The largest absolute Gasteiger partial charge is 0.207 e. The monoisotopic (exact) mass is 358 g/mol. The summed E-state index contributed by atoms with van der Waals surface area (Å²) in [6.07, 6.45) is 0. The van der Waals surface area contributed by atoms with Gasteiger partial charge >= 0.3 is 0 Å². The van der Waals surface area contributed by atoms with E-state index in [9.17, 15) is 8.78 Å². The van der Waals surface area contributed by atoms with Crippen molar-refractivity contribution >= 4 is 19.2 Å². The Morgan fingerprint density at radius 2 is 0.800 bits per heavy atom. The molecular formula is C22H25F2P. The number of benzene rings is 3. The number of rotatable bonds is 2. The Balaban J connectivity index is 0.000000264. The van der Waals surface area contributed by atoms with Gasteiger partial charge < -0.3 is 0 Å². The molecule has 0 amide bonds. The standard InChI is InChI=1S/C13H12FP.C7H7F.C2H6/c1-10-2-6-12(7-3-10)15-13-8-4-11(14)5-9-13;1-6-2-4-7(8)5-3-6;1-2/h2-9,15H,1H3;2-5H,1H3;1-2H3. The molecule has 1 unspecified atom stereocenters. The van der Waals surface area contributed by atoms with Crippen molar-refractivity contribution in [3.05, 3.63) is 95.6 Å². The van der Waals surface area contributed by atoms with Crippen molar-refractivity contribution in [3.8, 4) is 0 Å². The number of hydrogen-bond donors (Lipinski definition) is 0. The van der Waals surface area contributed by atoms with Crippen LogP contribution in [0.2, 0.25) is 0 Å². The lowest BCUT2D eigenvalue weighted by Crippen LogP contribution is -2.02. The minimum absolute atomic E-state index is 0.171. The van der Waals surface area contributed by atoms with E-state index < -0.39 is 0 Å². The zero-order chi connectivity index (χ0) is 18.7. The van der Waals surface area contributed by atoms with Gasteiger partial charge in [-0.3, -0.25) is 0 Å². The van der Waals surface area contributed by atoms with Crippen molar-refractivity contribution < 1.29 is 8.78 Å². The summed E-state index contributed by atoms with van der Waals surface area (Å²) in [5.74, 6) is -0.344. The van der Waals surface area contributed by atoms with E-state index >= 15 is 0 Å². The van der Waals surface area contributed by atoms with E-state index in [2.05, 4.69) is 31.2 Å². The summed E-state index contributed by atoms with van der Waals surface area (Å²) in [7, 11) is 0.603. The molecule has 0 N–H and O–H groups in total. The highest BCUT2D eigenvalue weighted by Crippen LogP contribution is 2.11. The molecule has 3 aromatic rings. The minimum atomic E-state index is -0.174. The summed E-state index contributed by atoms with van der Waals surface area (Å²) in [6, 6.07) is 21.6. The molecule has 0 aliphatic heterocycles. The molecule has 3 heteroatoms. The zero-order valence-corrected chi connectivity index (χ0v) is 16.2. The molecule has 0 radical (unpaired) electrons. The van der Waals surface area contributed by atoms with Gasteiger partial charge in [0.25, 0.3) is 0 Å². The fraction of sp³-hybridized carbons (Fsp3) is 0.182. The van der Waals surface area contributed by atoms with Crippen LogP contribution in [0.4, 0.5) is 8.78 Å². The van der Waals surface area contributed by atoms with Crippen molar-refractivity contribution in [1.82, 2.24) is 0 Å². The van der Waals surface area contributed by atoms with Crippen molar-refractivity contribution in [2.45, 2.75) is 27.7 Å². The van der Waals surface area contributed by atoms with Gasteiger partial charge in [-0.05, 0) is 48.7 Å². The van der Waals surface area contributed by atoms with Gasteiger partial charge in [0.2, 0.25) is 0 Å². The van der Waals surface area contributed by atoms with Gasteiger partial charge in [0.15, 0.2) is 0 Å². The van der Waals surface area contributed by atoms with Crippen LogP contribution in [0.15, 0.2) is 72.8 Å². The van der Waals surface area contributed by atoms with Crippen LogP contribution in [-0.4, -0.2) is 0 Å². The molecule has 0 saturated carbocycles. The Bertz CT molecular complexity index is 653. The lowest BCUT2D eigenvalue weighted by Gasteiger charge is -2.02. The molecule has 0 fully saturated rings. The van der Waals surface area contributed by atoms with Crippen LogP contribution in [0.3, 0.4) is 0 Å². The first kappa shape index (κ1) is 21.0. The fourth-order valence-corrected chi connectivity index (χ4v) is 2.87. The van der Waals surface area contributed by atoms with Crippen molar-refractivity contribution in [2.75, 3.05) is 0 Å². The Labute approximate surface area is 151 Å². The van der Waals surface area contributed by atoms with Gasteiger partial charge in [0, 0.05) is 0 Å². The number of halogens is 2. The third-order valence-electron chi connectivity index (χ3n) is 3.20. The highest BCUT2D eigenvalue weighted by atomic mass is 31.1. The summed E-state index contributed by atoms with van der Waals surface area (Å²) in [4.78, 5) is 0. The molecule has 1 atom stereocenters. The first-order chi connectivity index (χ1) is 12.0. The molecule has 0 spiro atoms. The smallest absolute Gasteiger partial charge is 0.123 e. The Morgan fingerprint density at radius 3 is 1.16 bits per heavy atom. The highest BCUT2D eigenvalue weighted by Gasteiger charge is 1.96. The number of hydrogen-bond acceptors (Lipinski definition) is 0. The Kier molecular flexibility index (Phi) is 9.65. The molecule has 0 saturated heterocycles. The van der Waals surface area contributed by atoms with E-state index in [1.807, 2.05) is 32.9 Å². The van der Waals surface area contributed by atoms with Gasteiger partial charge in [-0.2, -0.15) is 0 Å². The zero-order valence-electron chi connectivity index (χ0n) is 15.2. The maximum absolute atomic E-state index is 12.7. The van der Waals surface area contributed by atoms with Crippen molar-refractivity contribution in [1.29, 1.82) is 0 Å². The normalized spacial score (nSPS) is 9.84.